The minimum Gasteiger partial charge on any atom is -0.506 e. The van der Waals surface area contributed by atoms with Crippen LogP contribution in [0.25, 0.3) is 16.7 Å². The molecular weight excluding hydrogens is 421 g/mol. The molecule has 4 aromatic rings. The van der Waals surface area contributed by atoms with Crippen molar-refractivity contribution in [2.45, 2.75) is 19.0 Å². The highest BCUT2D eigenvalue weighted by Crippen LogP contribution is 2.28. The molecule has 0 spiro atoms. The molecule has 0 aliphatic carbocycles. The van der Waals surface area contributed by atoms with E-state index in [-0.39, 0.29) is 28.7 Å². The lowest BCUT2D eigenvalue weighted by molar-refractivity contribution is -0.127. The van der Waals surface area contributed by atoms with E-state index in [2.05, 4.69) is 4.98 Å². The highest BCUT2D eigenvalue weighted by atomic mass is 19.4. The van der Waals surface area contributed by atoms with E-state index in [4.69, 9.17) is 0 Å². The Balaban J connectivity index is 1.91. The average molecular weight is 438 g/mol. The first kappa shape index (κ1) is 21.3. The summed E-state index contributed by atoms with van der Waals surface area (Å²) >= 11 is 0. The highest BCUT2D eigenvalue weighted by molar-refractivity contribution is 6.04. The quantitative estimate of drug-likeness (QED) is 0.462. The van der Waals surface area contributed by atoms with Crippen molar-refractivity contribution in [1.29, 1.82) is 0 Å². The molecule has 0 aliphatic heterocycles. The first-order valence-electron chi connectivity index (χ1n) is 9.70. The van der Waals surface area contributed by atoms with Crippen molar-refractivity contribution in [2.75, 3.05) is 0 Å². The molecule has 4 rings (SSSR count). The molecule has 0 unspecified atom stereocenters. The molecule has 0 radical (unpaired) electrons. The maximum atomic E-state index is 13.4. The lowest BCUT2D eigenvalue weighted by Crippen LogP contribution is -2.27. The SMILES string of the molecule is O=C(Cc1ccccc1)c1c(O)c2cccnc2n(-c2cccc(CC(F)(F)F)c2)c1=O. The number of fused-ring (bicyclic) bond motifs is 1. The second-order valence-electron chi connectivity index (χ2n) is 7.29. The summed E-state index contributed by atoms with van der Waals surface area (Å²) in [6.45, 7) is 0. The molecule has 2 aromatic heterocycles. The number of Topliss-reactive ketones (excluding diaryl/α,β-unsaturated/α-hetero) is 1. The lowest BCUT2D eigenvalue weighted by Gasteiger charge is -2.15. The fourth-order valence-corrected chi connectivity index (χ4v) is 3.60. The third kappa shape index (κ3) is 4.25. The molecule has 0 aliphatic rings. The smallest absolute Gasteiger partial charge is 0.393 e. The Hall–Kier alpha value is -3.94. The second kappa shape index (κ2) is 8.30. The van der Waals surface area contributed by atoms with Gasteiger partial charge in [0, 0.05) is 12.6 Å². The number of pyridine rings is 2. The molecular formula is C24H17F3N2O3. The van der Waals surface area contributed by atoms with Gasteiger partial charge in [0.2, 0.25) is 0 Å². The van der Waals surface area contributed by atoms with Crippen LogP contribution in [0.1, 0.15) is 21.5 Å². The Morgan fingerprint density at radius 1 is 0.969 bits per heavy atom. The third-order valence-electron chi connectivity index (χ3n) is 4.97. The van der Waals surface area contributed by atoms with E-state index in [1.54, 1.807) is 30.3 Å². The molecule has 0 saturated carbocycles. The van der Waals surface area contributed by atoms with Gasteiger partial charge in [-0.1, -0.05) is 42.5 Å². The number of nitrogens with zero attached hydrogens (tertiary/aromatic N) is 2. The van der Waals surface area contributed by atoms with Crippen LogP contribution >= 0.6 is 0 Å². The monoisotopic (exact) mass is 438 g/mol. The van der Waals surface area contributed by atoms with Crippen LogP contribution in [0.4, 0.5) is 13.2 Å². The van der Waals surface area contributed by atoms with Crippen LogP contribution in [-0.2, 0) is 12.8 Å². The number of aromatic hydroxyl groups is 1. The van der Waals surface area contributed by atoms with Gasteiger partial charge in [-0.05, 0) is 35.4 Å². The average Bonchev–Trinajstić information content (AvgIpc) is 2.74. The van der Waals surface area contributed by atoms with Gasteiger partial charge in [-0.25, -0.2) is 4.98 Å². The third-order valence-corrected chi connectivity index (χ3v) is 4.97. The van der Waals surface area contributed by atoms with E-state index >= 15 is 0 Å². The number of alkyl halides is 3. The van der Waals surface area contributed by atoms with Gasteiger partial charge in [-0.3, -0.25) is 14.2 Å². The Morgan fingerprint density at radius 3 is 2.41 bits per heavy atom. The first-order valence-corrected chi connectivity index (χ1v) is 9.70. The first-order chi connectivity index (χ1) is 15.2. The van der Waals surface area contributed by atoms with E-state index in [0.717, 1.165) is 4.57 Å². The van der Waals surface area contributed by atoms with Crippen LogP contribution in [0.5, 0.6) is 5.75 Å². The van der Waals surface area contributed by atoms with Crippen molar-refractivity contribution in [3.63, 3.8) is 0 Å². The topological polar surface area (TPSA) is 72.2 Å². The van der Waals surface area contributed by atoms with Gasteiger partial charge in [0.15, 0.2) is 11.4 Å². The van der Waals surface area contributed by atoms with Crippen molar-refractivity contribution < 1.29 is 23.1 Å². The van der Waals surface area contributed by atoms with Crippen LogP contribution < -0.4 is 5.56 Å². The van der Waals surface area contributed by atoms with Crippen LogP contribution in [0.3, 0.4) is 0 Å². The van der Waals surface area contributed by atoms with Crippen LogP contribution in [0, 0.1) is 0 Å². The Kier molecular flexibility index (Phi) is 5.52. The minimum atomic E-state index is -4.42. The Morgan fingerprint density at radius 2 is 1.69 bits per heavy atom. The zero-order valence-electron chi connectivity index (χ0n) is 16.6. The molecule has 0 fully saturated rings. The summed E-state index contributed by atoms with van der Waals surface area (Å²) in [6.07, 6.45) is -4.32. The standard InChI is InChI=1S/C24H17F3N2O3/c25-24(26,27)14-16-8-4-9-17(12-16)29-22-18(10-5-11-28-22)21(31)20(23(29)32)19(30)13-15-6-2-1-3-7-15/h1-12,31H,13-14H2. The summed E-state index contributed by atoms with van der Waals surface area (Å²) in [4.78, 5) is 30.5. The number of rotatable bonds is 5. The summed E-state index contributed by atoms with van der Waals surface area (Å²) in [6, 6.07) is 17.1. The molecule has 162 valence electrons. The molecule has 2 heterocycles. The maximum Gasteiger partial charge on any atom is 0.393 e. The molecule has 1 N–H and O–H groups in total. The van der Waals surface area contributed by atoms with Crippen molar-refractivity contribution in [1.82, 2.24) is 9.55 Å². The normalized spacial score (nSPS) is 11.6. The van der Waals surface area contributed by atoms with Gasteiger partial charge in [-0.15, -0.1) is 0 Å². The summed E-state index contributed by atoms with van der Waals surface area (Å²) < 4.78 is 39.7. The van der Waals surface area contributed by atoms with Crippen molar-refractivity contribution in [3.05, 3.63) is 100.0 Å². The van der Waals surface area contributed by atoms with E-state index < -0.39 is 35.3 Å². The van der Waals surface area contributed by atoms with Gasteiger partial charge in [0.1, 0.15) is 11.3 Å². The van der Waals surface area contributed by atoms with Crippen LogP contribution in [-0.4, -0.2) is 26.6 Å². The zero-order valence-corrected chi connectivity index (χ0v) is 16.6. The predicted octanol–water partition coefficient (Wildman–Crippen LogP) is 4.62. The molecule has 8 heteroatoms. The molecule has 0 amide bonds. The molecule has 2 aromatic carbocycles. The zero-order chi connectivity index (χ0) is 22.9. The predicted molar refractivity (Wildman–Crippen MR) is 113 cm³/mol. The summed E-state index contributed by atoms with van der Waals surface area (Å²) in [5.74, 6) is -1.11. The number of carbonyl (C=O) groups excluding carboxylic acids is 1. The van der Waals surface area contributed by atoms with Crippen molar-refractivity contribution in [2.24, 2.45) is 0 Å². The van der Waals surface area contributed by atoms with Gasteiger partial charge in [-0.2, -0.15) is 13.2 Å². The van der Waals surface area contributed by atoms with Gasteiger partial charge >= 0.3 is 6.18 Å². The fourth-order valence-electron chi connectivity index (χ4n) is 3.60. The van der Waals surface area contributed by atoms with Crippen molar-refractivity contribution >= 4 is 16.8 Å². The number of halogens is 3. The van der Waals surface area contributed by atoms with Crippen molar-refractivity contribution in [3.8, 4) is 11.4 Å². The highest BCUT2D eigenvalue weighted by Gasteiger charge is 2.28. The second-order valence-corrected chi connectivity index (χ2v) is 7.29. The molecule has 32 heavy (non-hydrogen) atoms. The Bertz CT molecular complexity index is 1360. The number of aromatic nitrogens is 2. The largest absolute Gasteiger partial charge is 0.506 e. The van der Waals surface area contributed by atoms with E-state index in [1.807, 2.05) is 0 Å². The summed E-state index contributed by atoms with van der Waals surface area (Å²) in [5, 5.41) is 10.9. The van der Waals surface area contributed by atoms with E-state index in [0.29, 0.717) is 5.56 Å². The number of carbonyl (C=O) groups is 1. The number of hydrogen-bond acceptors (Lipinski definition) is 4. The molecule has 0 saturated heterocycles. The van der Waals surface area contributed by atoms with Gasteiger partial charge in [0.05, 0.1) is 17.5 Å². The maximum absolute atomic E-state index is 13.4. The van der Waals surface area contributed by atoms with Crippen LogP contribution in [0.2, 0.25) is 0 Å². The minimum absolute atomic E-state index is 0.0374. The number of ketones is 1. The molecule has 0 atom stereocenters. The number of hydrogen-bond donors (Lipinski definition) is 1. The van der Waals surface area contributed by atoms with Crippen LogP contribution in [0.15, 0.2) is 77.7 Å². The van der Waals surface area contributed by atoms with E-state index in [1.165, 1.54) is 42.6 Å². The van der Waals surface area contributed by atoms with E-state index in [9.17, 15) is 27.9 Å². The number of benzene rings is 2. The summed E-state index contributed by atoms with van der Waals surface area (Å²) in [7, 11) is 0. The fraction of sp³-hybridized carbons (Fsp3) is 0.125. The lowest BCUT2D eigenvalue weighted by atomic mass is 10.0. The summed E-state index contributed by atoms with van der Waals surface area (Å²) in [5.41, 5.74) is -0.517. The Labute approximate surface area is 180 Å². The van der Waals surface area contributed by atoms with Gasteiger partial charge in [0.25, 0.3) is 5.56 Å². The molecule has 0 bridgehead atoms. The molecule has 5 nitrogen and oxygen atoms in total. The van der Waals surface area contributed by atoms with Gasteiger partial charge < -0.3 is 5.11 Å².